The monoisotopic (exact) mass is 339 g/mol. The van der Waals surface area contributed by atoms with Crippen molar-refractivity contribution in [2.24, 2.45) is 0 Å². The van der Waals surface area contributed by atoms with Crippen molar-refractivity contribution in [2.45, 2.75) is 13.1 Å². The summed E-state index contributed by atoms with van der Waals surface area (Å²) in [6.07, 6.45) is 6.88. The van der Waals surface area contributed by atoms with E-state index in [1.54, 1.807) is 42.5 Å². The van der Waals surface area contributed by atoms with Crippen LogP contribution in [0, 0.1) is 5.82 Å². The number of rotatable bonds is 5. The maximum atomic E-state index is 13.2. The second-order valence-corrected chi connectivity index (χ2v) is 5.64. The Hall–Kier alpha value is -3.22. The van der Waals surface area contributed by atoms with E-state index < -0.39 is 0 Å². The fraction of sp³-hybridized carbons (Fsp3) is 0.167. The van der Waals surface area contributed by atoms with Crippen molar-refractivity contribution in [2.75, 3.05) is 7.05 Å². The zero-order chi connectivity index (χ0) is 17.6. The van der Waals surface area contributed by atoms with Crippen LogP contribution in [0.4, 0.5) is 9.18 Å². The van der Waals surface area contributed by atoms with Gasteiger partial charge in [-0.05, 0) is 29.3 Å². The van der Waals surface area contributed by atoms with Gasteiger partial charge in [-0.3, -0.25) is 4.57 Å². The lowest BCUT2D eigenvalue weighted by Crippen LogP contribution is -2.36. The number of pyridine rings is 1. The minimum atomic E-state index is -0.310. The van der Waals surface area contributed by atoms with Gasteiger partial charge in [-0.25, -0.2) is 19.2 Å². The Labute approximate surface area is 145 Å². The van der Waals surface area contributed by atoms with Crippen LogP contribution in [0.25, 0.3) is 5.82 Å². The SMILES string of the molecule is CN(Cc1cccc(F)c1)C(=O)NCc1ccc(-n2ccnc2)nc1. The summed E-state index contributed by atoms with van der Waals surface area (Å²) in [6.45, 7) is 0.699. The molecule has 3 rings (SSSR count). The molecule has 2 heterocycles. The standard InChI is InChI=1S/C18H18FN5O/c1-23(12-14-3-2-4-16(19)9-14)18(25)22-11-15-5-6-17(21-10-15)24-8-7-20-13-24/h2-10,13H,11-12H2,1H3,(H,22,25). The zero-order valence-corrected chi connectivity index (χ0v) is 13.8. The van der Waals surface area contributed by atoms with Gasteiger partial charge in [0.15, 0.2) is 0 Å². The van der Waals surface area contributed by atoms with Gasteiger partial charge < -0.3 is 10.2 Å². The number of benzene rings is 1. The van der Waals surface area contributed by atoms with Crippen molar-refractivity contribution in [3.63, 3.8) is 0 Å². The van der Waals surface area contributed by atoms with E-state index in [9.17, 15) is 9.18 Å². The molecule has 25 heavy (non-hydrogen) atoms. The first-order chi connectivity index (χ1) is 12.1. The normalized spacial score (nSPS) is 10.5. The third-order valence-corrected chi connectivity index (χ3v) is 3.68. The number of nitrogens with one attached hydrogen (secondary N) is 1. The van der Waals surface area contributed by atoms with E-state index in [1.807, 2.05) is 18.3 Å². The van der Waals surface area contributed by atoms with Gasteiger partial charge in [0.1, 0.15) is 18.0 Å². The molecule has 0 spiro atoms. The van der Waals surface area contributed by atoms with Gasteiger partial charge >= 0.3 is 6.03 Å². The van der Waals surface area contributed by atoms with Gasteiger partial charge in [0.05, 0.1) is 0 Å². The average molecular weight is 339 g/mol. The van der Waals surface area contributed by atoms with Crippen molar-refractivity contribution in [3.8, 4) is 5.82 Å². The number of carbonyl (C=O) groups is 1. The Balaban J connectivity index is 1.53. The average Bonchev–Trinajstić information content (AvgIpc) is 3.14. The Bertz CT molecular complexity index is 833. The fourth-order valence-corrected chi connectivity index (χ4v) is 2.36. The van der Waals surface area contributed by atoms with Crippen LogP contribution in [0.3, 0.4) is 0 Å². The van der Waals surface area contributed by atoms with E-state index in [1.165, 1.54) is 17.0 Å². The number of nitrogens with zero attached hydrogens (tertiary/aromatic N) is 4. The largest absolute Gasteiger partial charge is 0.334 e. The molecule has 6 nitrogen and oxygen atoms in total. The second kappa shape index (κ2) is 7.57. The maximum Gasteiger partial charge on any atom is 0.317 e. The lowest BCUT2D eigenvalue weighted by Gasteiger charge is -2.18. The van der Waals surface area contributed by atoms with Crippen LogP contribution in [0.5, 0.6) is 0 Å². The van der Waals surface area contributed by atoms with E-state index in [0.29, 0.717) is 13.1 Å². The Morgan fingerprint density at radius 1 is 1.28 bits per heavy atom. The van der Waals surface area contributed by atoms with Crippen molar-refractivity contribution in [1.82, 2.24) is 24.8 Å². The first kappa shape index (κ1) is 16.6. The molecule has 2 amide bonds. The van der Waals surface area contributed by atoms with Gasteiger partial charge in [0.25, 0.3) is 0 Å². The molecule has 0 radical (unpaired) electrons. The summed E-state index contributed by atoms with van der Waals surface area (Å²) >= 11 is 0. The van der Waals surface area contributed by atoms with Gasteiger partial charge in [0.2, 0.25) is 0 Å². The van der Waals surface area contributed by atoms with Crippen LogP contribution in [0.1, 0.15) is 11.1 Å². The summed E-state index contributed by atoms with van der Waals surface area (Å²) in [4.78, 5) is 22.0. The van der Waals surface area contributed by atoms with Crippen LogP contribution < -0.4 is 5.32 Å². The molecular formula is C18H18FN5O. The Kier molecular flexibility index (Phi) is 5.03. The number of urea groups is 1. The molecule has 0 atom stereocenters. The highest BCUT2D eigenvalue weighted by Gasteiger charge is 2.09. The van der Waals surface area contributed by atoms with Gasteiger partial charge in [-0.2, -0.15) is 0 Å². The van der Waals surface area contributed by atoms with Crippen molar-refractivity contribution in [1.29, 1.82) is 0 Å². The number of hydrogen-bond acceptors (Lipinski definition) is 3. The molecule has 0 bridgehead atoms. The molecule has 0 aliphatic heterocycles. The molecule has 0 saturated carbocycles. The first-order valence-corrected chi connectivity index (χ1v) is 7.78. The molecule has 128 valence electrons. The molecule has 1 N–H and O–H groups in total. The van der Waals surface area contributed by atoms with Crippen molar-refractivity contribution < 1.29 is 9.18 Å². The number of aromatic nitrogens is 3. The molecule has 0 fully saturated rings. The van der Waals surface area contributed by atoms with Crippen molar-refractivity contribution in [3.05, 3.63) is 78.3 Å². The van der Waals surface area contributed by atoms with Gasteiger partial charge in [0, 0.05) is 38.7 Å². The summed E-state index contributed by atoms with van der Waals surface area (Å²) in [7, 11) is 1.67. The molecule has 1 aromatic carbocycles. The highest BCUT2D eigenvalue weighted by molar-refractivity contribution is 5.73. The lowest BCUT2D eigenvalue weighted by molar-refractivity contribution is 0.206. The zero-order valence-electron chi connectivity index (χ0n) is 13.8. The third kappa shape index (κ3) is 4.41. The summed E-state index contributed by atoms with van der Waals surface area (Å²) < 4.78 is 15.0. The molecule has 0 saturated heterocycles. The molecule has 3 aromatic rings. The van der Waals surface area contributed by atoms with E-state index >= 15 is 0 Å². The predicted octanol–water partition coefficient (Wildman–Crippen LogP) is 2.75. The molecule has 0 aliphatic rings. The van der Waals surface area contributed by atoms with Crippen LogP contribution >= 0.6 is 0 Å². The lowest BCUT2D eigenvalue weighted by atomic mass is 10.2. The third-order valence-electron chi connectivity index (χ3n) is 3.68. The quantitative estimate of drug-likeness (QED) is 0.777. The number of hydrogen-bond donors (Lipinski definition) is 1. The number of halogens is 1. The summed E-state index contributed by atoms with van der Waals surface area (Å²) in [5.41, 5.74) is 1.63. The molecule has 0 unspecified atom stereocenters. The topological polar surface area (TPSA) is 63.1 Å². The van der Waals surface area contributed by atoms with Crippen LogP contribution in [0.2, 0.25) is 0 Å². The summed E-state index contributed by atoms with van der Waals surface area (Å²) in [5.74, 6) is 0.450. The Morgan fingerprint density at radius 2 is 2.16 bits per heavy atom. The maximum absolute atomic E-state index is 13.2. The summed E-state index contributed by atoms with van der Waals surface area (Å²) in [6, 6.07) is 9.74. The fourth-order valence-electron chi connectivity index (χ4n) is 2.36. The highest BCUT2D eigenvalue weighted by atomic mass is 19.1. The van der Waals surface area contributed by atoms with Crippen LogP contribution in [-0.2, 0) is 13.1 Å². The van der Waals surface area contributed by atoms with E-state index in [4.69, 9.17) is 0 Å². The van der Waals surface area contributed by atoms with Crippen LogP contribution in [-0.4, -0.2) is 32.5 Å². The predicted molar refractivity (Wildman–Crippen MR) is 91.5 cm³/mol. The molecular weight excluding hydrogens is 321 g/mol. The highest BCUT2D eigenvalue weighted by Crippen LogP contribution is 2.07. The van der Waals surface area contributed by atoms with Gasteiger partial charge in [-0.15, -0.1) is 0 Å². The summed E-state index contributed by atoms with van der Waals surface area (Å²) in [5, 5.41) is 2.82. The second-order valence-electron chi connectivity index (χ2n) is 5.64. The van der Waals surface area contributed by atoms with E-state index in [-0.39, 0.29) is 11.8 Å². The number of imidazole rings is 1. The Morgan fingerprint density at radius 3 is 2.84 bits per heavy atom. The van der Waals surface area contributed by atoms with Crippen molar-refractivity contribution >= 4 is 6.03 Å². The van der Waals surface area contributed by atoms with Crippen LogP contribution in [0.15, 0.2) is 61.3 Å². The smallest absolute Gasteiger partial charge is 0.317 e. The molecule has 2 aromatic heterocycles. The number of amides is 2. The van der Waals surface area contributed by atoms with E-state index in [0.717, 1.165) is 16.9 Å². The molecule has 7 heteroatoms. The van der Waals surface area contributed by atoms with E-state index in [2.05, 4.69) is 15.3 Å². The first-order valence-electron chi connectivity index (χ1n) is 7.78. The minimum Gasteiger partial charge on any atom is -0.334 e. The number of carbonyl (C=O) groups excluding carboxylic acids is 1. The minimum absolute atomic E-state index is 0.233. The van der Waals surface area contributed by atoms with Gasteiger partial charge in [-0.1, -0.05) is 18.2 Å². The molecule has 0 aliphatic carbocycles.